The van der Waals surface area contributed by atoms with Crippen LogP contribution in [-0.2, 0) is 4.79 Å². The van der Waals surface area contributed by atoms with E-state index in [1.165, 1.54) is 25.7 Å². The summed E-state index contributed by atoms with van der Waals surface area (Å²) < 4.78 is 0. The van der Waals surface area contributed by atoms with Gasteiger partial charge in [-0.1, -0.05) is 25.7 Å². The van der Waals surface area contributed by atoms with E-state index in [1.807, 2.05) is 0 Å². The zero-order valence-electron chi connectivity index (χ0n) is 17.8. The van der Waals surface area contributed by atoms with Crippen LogP contribution in [-0.4, -0.2) is 60.1 Å². The highest BCUT2D eigenvalue weighted by molar-refractivity contribution is 6.43. The van der Waals surface area contributed by atoms with Gasteiger partial charge in [0.15, 0.2) is 0 Å². The summed E-state index contributed by atoms with van der Waals surface area (Å²) in [6.45, 7) is 3.40. The zero-order chi connectivity index (χ0) is 20.4. The highest BCUT2D eigenvalue weighted by atomic mass is 16.4. The van der Waals surface area contributed by atoms with Crippen LogP contribution in [0.1, 0.15) is 64.2 Å². The SMILES string of the molecule is NCC1CCCC(C2CCN(C(=O)C3CCCC4CCNC(B(O)O)C43)CC2)C1. The molecule has 7 heteroatoms. The molecule has 6 nitrogen and oxygen atoms in total. The van der Waals surface area contributed by atoms with Gasteiger partial charge in [0, 0.05) is 24.9 Å². The Kier molecular flexibility index (Phi) is 7.20. The molecule has 0 aromatic heterocycles. The van der Waals surface area contributed by atoms with Gasteiger partial charge in [-0.05, 0) is 81.2 Å². The van der Waals surface area contributed by atoms with Gasteiger partial charge < -0.3 is 26.0 Å². The average molecular weight is 405 g/mol. The van der Waals surface area contributed by atoms with E-state index in [9.17, 15) is 14.8 Å². The van der Waals surface area contributed by atoms with Crippen molar-refractivity contribution < 1.29 is 14.8 Å². The Labute approximate surface area is 176 Å². The molecule has 0 spiro atoms. The second-order valence-electron chi connectivity index (χ2n) is 10.2. The number of amides is 1. The molecule has 164 valence electrons. The van der Waals surface area contributed by atoms with Crippen molar-refractivity contribution in [3.8, 4) is 0 Å². The highest BCUT2D eigenvalue weighted by Crippen LogP contribution is 2.43. The fraction of sp³-hybridized carbons (Fsp3) is 0.955. The maximum atomic E-state index is 13.5. The monoisotopic (exact) mass is 405 g/mol. The molecule has 0 bridgehead atoms. The van der Waals surface area contributed by atoms with Crippen molar-refractivity contribution in [1.82, 2.24) is 10.2 Å². The van der Waals surface area contributed by atoms with E-state index in [0.29, 0.717) is 11.8 Å². The fourth-order valence-electron chi connectivity index (χ4n) is 7.16. The van der Waals surface area contributed by atoms with E-state index >= 15 is 0 Å². The van der Waals surface area contributed by atoms with Gasteiger partial charge in [-0.3, -0.25) is 4.79 Å². The summed E-state index contributed by atoms with van der Waals surface area (Å²) in [4.78, 5) is 15.6. The predicted molar refractivity (Wildman–Crippen MR) is 115 cm³/mol. The number of carbonyl (C=O) groups excluding carboxylic acids is 1. The summed E-state index contributed by atoms with van der Waals surface area (Å²) in [5, 5.41) is 23.1. The summed E-state index contributed by atoms with van der Waals surface area (Å²) in [7, 11) is -1.39. The third-order valence-electron chi connectivity index (χ3n) is 8.72. The molecular weight excluding hydrogens is 365 g/mol. The van der Waals surface area contributed by atoms with Gasteiger partial charge in [-0.15, -0.1) is 0 Å². The molecule has 6 atom stereocenters. The lowest BCUT2D eigenvalue weighted by atomic mass is 9.56. The minimum absolute atomic E-state index is 0.0544. The first kappa shape index (κ1) is 21.6. The van der Waals surface area contributed by atoms with Crippen LogP contribution in [0, 0.1) is 35.5 Å². The summed E-state index contributed by atoms with van der Waals surface area (Å²) in [5.74, 6) is 2.60. The lowest BCUT2D eigenvalue weighted by Crippen LogP contribution is -2.60. The molecule has 2 aliphatic heterocycles. The number of piperidine rings is 2. The van der Waals surface area contributed by atoms with E-state index in [0.717, 1.165) is 76.5 Å². The molecule has 2 aliphatic carbocycles. The standard InChI is InChI=1S/C22H40BN3O3/c24-14-15-3-1-5-18(13-15)16-8-11-26(12-9-16)22(27)19-6-2-4-17-7-10-25-21(20(17)19)23(28)29/h15-21,25,28-29H,1-14,24H2. The molecule has 0 aromatic carbocycles. The van der Waals surface area contributed by atoms with Gasteiger partial charge >= 0.3 is 7.12 Å². The van der Waals surface area contributed by atoms with Gasteiger partial charge in [0.05, 0.1) is 0 Å². The van der Waals surface area contributed by atoms with E-state index < -0.39 is 7.12 Å². The van der Waals surface area contributed by atoms with Gasteiger partial charge in [0.2, 0.25) is 5.91 Å². The number of carbonyl (C=O) groups is 1. The molecule has 4 rings (SSSR count). The Morgan fingerprint density at radius 1 is 0.966 bits per heavy atom. The topological polar surface area (TPSA) is 98.8 Å². The predicted octanol–water partition coefficient (Wildman–Crippen LogP) is 1.40. The van der Waals surface area contributed by atoms with Crippen LogP contribution in [0.15, 0.2) is 0 Å². The van der Waals surface area contributed by atoms with Crippen LogP contribution >= 0.6 is 0 Å². The molecule has 0 aromatic rings. The smallest absolute Gasteiger partial charge is 0.426 e. The minimum atomic E-state index is -1.39. The number of hydrogen-bond donors (Lipinski definition) is 4. The number of nitrogens with zero attached hydrogens (tertiary/aromatic N) is 1. The van der Waals surface area contributed by atoms with E-state index in [2.05, 4.69) is 10.2 Å². The van der Waals surface area contributed by atoms with Gasteiger partial charge in [-0.25, -0.2) is 0 Å². The lowest BCUT2D eigenvalue weighted by molar-refractivity contribution is -0.142. The molecule has 1 amide bonds. The van der Waals surface area contributed by atoms with Crippen LogP contribution < -0.4 is 11.1 Å². The average Bonchev–Trinajstić information content (AvgIpc) is 2.77. The second-order valence-corrected chi connectivity index (χ2v) is 10.2. The third-order valence-corrected chi connectivity index (χ3v) is 8.72. The Balaban J connectivity index is 1.36. The fourth-order valence-corrected chi connectivity index (χ4v) is 7.16. The van der Waals surface area contributed by atoms with Crippen molar-refractivity contribution in [3.05, 3.63) is 0 Å². The molecule has 4 aliphatic rings. The molecule has 4 fully saturated rings. The van der Waals surface area contributed by atoms with Crippen molar-refractivity contribution in [2.45, 2.75) is 70.1 Å². The molecule has 29 heavy (non-hydrogen) atoms. The van der Waals surface area contributed by atoms with Crippen LogP contribution in [0.2, 0.25) is 0 Å². The first-order valence-corrected chi connectivity index (χ1v) is 12.2. The van der Waals surface area contributed by atoms with Crippen LogP contribution in [0.5, 0.6) is 0 Å². The summed E-state index contributed by atoms with van der Waals surface area (Å²) in [6.07, 6.45) is 11.6. The third kappa shape index (κ3) is 4.68. The number of likely N-dealkylation sites (tertiary alicyclic amines) is 1. The Bertz CT molecular complexity index is 553. The van der Waals surface area contributed by atoms with Gasteiger partial charge in [0.1, 0.15) is 0 Å². The molecule has 2 saturated carbocycles. The zero-order valence-corrected chi connectivity index (χ0v) is 17.8. The number of nitrogens with two attached hydrogens (primary N) is 1. The lowest BCUT2D eigenvalue weighted by Gasteiger charge is -2.47. The van der Waals surface area contributed by atoms with Crippen molar-refractivity contribution in [2.75, 3.05) is 26.2 Å². The Morgan fingerprint density at radius 3 is 2.41 bits per heavy atom. The molecule has 2 heterocycles. The first-order chi connectivity index (χ1) is 14.1. The first-order valence-electron chi connectivity index (χ1n) is 12.2. The summed E-state index contributed by atoms with van der Waals surface area (Å²) in [6, 6.07) is 0. The molecule has 6 unspecified atom stereocenters. The Morgan fingerprint density at radius 2 is 1.69 bits per heavy atom. The Hall–Kier alpha value is -0.625. The number of hydrogen-bond acceptors (Lipinski definition) is 5. The molecule has 2 saturated heterocycles. The van der Waals surface area contributed by atoms with Crippen LogP contribution in [0.25, 0.3) is 0 Å². The molecular formula is C22H40BN3O3. The summed E-state index contributed by atoms with van der Waals surface area (Å²) >= 11 is 0. The van der Waals surface area contributed by atoms with Crippen molar-refractivity contribution in [2.24, 2.45) is 41.2 Å². The van der Waals surface area contributed by atoms with Gasteiger partial charge in [-0.2, -0.15) is 0 Å². The van der Waals surface area contributed by atoms with Crippen molar-refractivity contribution >= 4 is 13.0 Å². The minimum Gasteiger partial charge on any atom is -0.426 e. The largest absolute Gasteiger partial charge is 0.469 e. The number of rotatable bonds is 4. The quantitative estimate of drug-likeness (QED) is 0.530. The number of nitrogens with one attached hydrogen (secondary N) is 1. The summed E-state index contributed by atoms with van der Waals surface area (Å²) in [5.41, 5.74) is 5.93. The van der Waals surface area contributed by atoms with E-state index in [4.69, 9.17) is 5.73 Å². The van der Waals surface area contributed by atoms with Crippen molar-refractivity contribution in [3.63, 3.8) is 0 Å². The van der Waals surface area contributed by atoms with E-state index in [-0.39, 0.29) is 23.7 Å². The normalized spacial score (nSPS) is 39.1. The van der Waals surface area contributed by atoms with Crippen LogP contribution in [0.4, 0.5) is 0 Å². The van der Waals surface area contributed by atoms with Gasteiger partial charge in [0.25, 0.3) is 0 Å². The van der Waals surface area contributed by atoms with E-state index in [1.54, 1.807) is 0 Å². The molecule has 0 radical (unpaired) electrons. The maximum Gasteiger partial charge on any atom is 0.469 e. The maximum absolute atomic E-state index is 13.5. The highest BCUT2D eigenvalue weighted by Gasteiger charge is 2.48. The van der Waals surface area contributed by atoms with Crippen molar-refractivity contribution in [1.29, 1.82) is 0 Å². The van der Waals surface area contributed by atoms with Crippen LogP contribution in [0.3, 0.4) is 0 Å². The molecule has 5 N–H and O–H groups in total. The number of fused-ring (bicyclic) bond motifs is 1. The second kappa shape index (κ2) is 9.67.